The van der Waals surface area contributed by atoms with Crippen LogP contribution in [0.5, 0.6) is 0 Å². The van der Waals surface area contributed by atoms with Gasteiger partial charge in [0.25, 0.3) is 5.91 Å². The minimum absolute atomic E-state index is 0.0496. The fraction of sp³-hybridized carbons (Fsp3) is 0.455. The van der Waals surface area contributed by atoms with Gasteiger partial charge in [-0.2, -0.15) is 5.10 Å². The molecule has 1 atom stereocenters. The average Bonchev–Trinajstić information content (AvgIpc) is 3.33. The molecule has 1 aromatic heterocycles. The van der Waals surface area contributed by atoms with Crippen molar-refractivity contribution in [1.29, 1.82) is 0 Å². The van der Waals surface area contributed by atoms with Gasteiger partial charge in [0.15, 0.2) is 0 Å². The zero-order chi connectivity index (χ0) is 18.8. The lowest BCUT2D eigenvalue weighted by Gasteiger charge is -2.31. The van der Waals surface area contributed by atoms with Crippen molar-refractivity contribution in [3.05, 3.63) is 59.5 Å². The molecule has 2 aromatic rings. The summed E-state index contributed by atoms with van der Waals surface area (Å²) in [6.07, 6.45) is 4.66. The molecule has 3 heterocycles. The van der Waals surface area contributed by atoms with E-state index >= 15 is 0 Å². The maximum Gasteiger partial charge on any atom is 0.257 e. The lowest BCUT2D eigenvalue weighted by molar-refractivity contribution is -0.134. The van der Waals surface area contributed by atoms with Gasteiger partial charge in [-0.3, -0.25) is 9.69 Å². The van der Waals surface area contributed by atoms with E-state index in [0.29, 0.717) is 13.0 Å². The van der Waals surface area contributed by atoms with Crippen molar-refractivity contribution >= 4 is 11.6 Å². The van der Waals surface area contributed by atoms with E-state index in [1.807, 2.05) is 18.2 Å². The Balaban J connectivity index is 1.55. The number of furan rings is 1. The van der Waals surface area contributed by atoms with Crippen LogP contribution in [0, 0.1) is 12.8 Å². The number of piperidine rings is 1. The molecule has 27 heavy (non-hydrogen) atoms. The van der Waals surface area contributed by atoms with Crippen LogP contribution in [0.15, 0.2) is 52.2 Å². The Labute approximate surface area is 160 Å². The molecule has 0 saturated carbocycles. The van der Waals surface area contributed by atoms with Crippen LogP contribution < -0.4 is 0 Å². The summed E-state index contributed by atoms with van der Waals surface area (Å²) in [5.41, 5.74) is 3.21. The number of amides is 1. The van der Waals surface area contributed by atoms with Crippen LogP contribution in [0.25, 0.3) is 0 Å². The van der Waals surface area contributed by atoms with Gasteiger partial charge >= 0.3 is 0 Å². The van der Waals surface area contributed by atoms with E-state index in [-0.39, 0.29) is 11.9 Å². The number of likely N-dealkylation sites (tertiary alicyclic amines) is 1. The lowest BCUT2D eigenvalue weighted by atomic mass is 9.99. The van der Waals surface area contributed by atoms with Crippen LogP contribution in [-0.4, -0.2) is 41.2 Å². The summed E-state index contributed by atoms with van der Waals surface area (Å²) >= 11 is 0. The van der Waals surface area contributed by atoms with Gasteiger partial charge < -0.3 is 4.42 Å². The first-order chi connectivity index (χ1) is 13.1. The lowest BCUT2D eigenvalue weighted by Crippen LogP contribution is -2.41. The molecule has 1 fully saturated rings. The number of hydrogen-bond acceptors (Lipinski definition) is 4. The number of hydrogen-bond donors (Lipinski definition) is 0. The normalized spacial score (nSPS) is 21.5. The Morgan fingerprint density at radius 1 is 1.22 bits per heavy atom. The molecule has 5 nitrogen and oxygen atoms in total. The molecule has 4 rings (SSSR count). The second kappa shape index (κ2) is 7.69. The Hall–Kier alpha value is -2.40. The monoisotopic (exact) mass is 365 g/mol. The highest BCUT2D eigenvalue weighted by Gasteiger charge is 2.35. The first-order valence-electron chi connectivity index (χ1n) is 9.82. The van der Waals surface area contributed by atoms with E-state index in [1.54, 1.807) is 11.3 Å². The quantitative estimate of drug-likeness (QED) is 0.823. The second-order valence-corrected chi connectivity index (χ2v) is 7.85. The predicted molar refractivity (Wildman–Crippen MR) is 105 cm³/mol. The molecule has 1 amide bonds. The standard InChI is InChI=1S/C22H27N3O2/c1-16-8-10-24(11-9-16)15-22(26)25-20(21-7-4-12-27-21)14-19(23-25)18-6-3-5-17(2)13-18/h3-7,12-13,16,20H,8-11,14-15H2,1-2H3. The van der Waals surface area contributed by atoms with E-state index in [0.717, 1.165) is 48.9 Å². The van der Waals surface area contributed by atoms with Gasteiger partial charge in [0.05, 0.1) is 18.5 Å². The molecule has 0 spiro atoms. The highest BCUT2D eigenvalue weighted by molar-refractivity contribution is 6.03. The third-order valence-corrected chi connectivity index (χ3v) is 5.62. The summed E-state index contributed by atoms with van der Waals surface area (Å²) in [5.74, 6) is 1.60. The molecular weight excluding hydrogens is 338 g/mol. The molecule has 0 N–H and O–H groups in total. The van der Waals surface area contributed by atoms with Crippen molar-refractivity contribution in [2.45, 2.75) is 39.2 Å². The van der Waals surface area contributed by atoms with Crippen LogP contribution in [0.1, 0.15) is 49.1 Å². The zero-order valence-corrected chi connectivity index (χ0v) is 16.1. The van der Waals surface area contributed by atoms with Gasteiger partial charge in [0.1, 0.15) is 11.8 Å². The molecular formula is C22H27N3O2. The van der Waals surface area contributed by atoms with E-state index in [2.05, 4.69) is 36.9 Å². The summed E-state index contributed by atoms with van der Waals surface area (Å²) in [5, 5.41) is 6.38. The topological polar surface area (TPSA) is 49.1 Å². The van der Waals surface area contributed by atoms with Crippen molar-refractivity contribution in [2.75, 3.05) is 19.6 Å². The van der Waals surface area contributed by atoms with Gasteiger partial charge in [0, 0.05) is 6.42 Å². The molecule has 5 heteroatoms. The predicted octanol–water partition coefficient (Wildman–Crippen LogP) is 4.00. The molecule has 1 saturated heterocycles. The molecule has 1 aromatic carbocycles. The number of benzene rings is 1. The highest BCUT2D eigenvalue weighted by Crippen LogP contribution is 2.33. The van der Waals surface area contributed by atoms with Crippen LogP contribution in [0.4, 0.5) is 0 Å². The average molecular weight is 365 g/mol. The van der Waals surface area contributed by atoms with Gasteiger partial charge in [-0.05, 0) is 56.5 Å². The first-order valence-corrected chi connectivity index (χ1v) is 9.82. The highest BCUT2D eigenvalue weighted by atomic mass is 16.3. The van der Waals surface area contributed by atoms with Crippen molar-refractivity contribution in [3.63, 3.8) is 0 Å². The van der Waals surface area contributed by atoms with Gasteiger partial charge in [-0.15, -0.1) is 0 Å². The molecule has 0 radical (unpaired) electrons. The number of aryl methyl sites for hydroxylation is 1. The number of rotatable bonds is 4. The number of nitrogens with zero attached hydrogens (tertiary/aromatic N) is 3. The first kappa shape index (κ1) is 18.0. The van der Waals surface area contributed by atoms with Gasteiger partial charge in [-0.1, -0.05) is 36.8 Å². The van der Waals surface area contributed by atoms with Crippen LogP contribution >= 0.6 is 0 Å². The molecule has 1 unspecified atom stereocenters. The van der Waals surface area contributed by atoms with E-state index in [4.69, 9.17) is 9.52 Å². The zero-order valence-electron chi connectivity index (χ0n) is 16.1. The summed E-state index contributed by atoms with van der Waals surface area (Å²) < 4.78 is 5.63. The fourth-order valence-corrected chi connectivity index (χ4v) is 3.93. The maximum atomic E-state index is 13.1. The third kappa shape index (κ3) is 3.98. The fourth-order valence-electron chi connectivity index (χ4n) is 3.93. The Bertz CT molecular complexity index is 820. The van der Waals surface area contributed by atoms with Crippen LogP contribution in [0.3, 0.4) is 0 Å². The number of hydrazone groups is 1. The van der Waals surface area contributed by atoms with Crippen LogP contribution in [-0.2, 0) is 4.79 Å². The molecule has 2 aliphatic rings. The van der Waals surface area contributed by atoms with Crippen LogP contribution in [0.2, 0.25) is 0 Å². The smallest absolute Gasteiger partial charge is 0.257 e. The minimum Gasteiger partial charge on any atom is -0.467 e. The van der Waals surface area contributed by atoms with E-state index in [1.165, 1.54) is 5.56 Å². The molecule has 142 valence electrons. The summed E-state index contributed by atoms with van der Waals surface area (Å²) in [4.78, 5) is 15.3. The van der Waals surface area contributed by atoms with E-state index in [9.17, 15) is 4.79 Å². The van der Waals surface area contributed by atoms with Gasteiger partial charge in [0.2, 0.25) is 0 Å². The Morgan fingerprint density at radius 2 is 2.04 bits per heavy atom. The Morgan fingerprint density at radius 3 is 2.74 bits per heavy atom. The maximum absolute atomic E-state index is 13.1. The van der Waals surface area contributed by atoms with E-state index < -0.39 is 0 Å². The number of carbonyl (C=O) groups is 1. The molecule has 0 aliphatic carbocycles. The minimum atomic E-state index is -0.160. The molecule has 0 bridgehead atoms. The number of carbonyl (C=O) groups excluding carboxylic acids is 1. The van der Waals surface area contributed by atoms with Crippen molar-refractivity contribution in [1.82, 2.24) is 9.91 Å². The van der Waals surface area contributed by atoms with Crippen molar-refractivity contribution in [2.24, 2.45) is 11.0 Å². The summed E-state index contributed by atoms with van der Waals surface area (Å²) in [6.45, 7) is 6.75. The Kier molecular flexibility index (Phi) is 5.12. The van der Waals surface area contributed by atoms with Gasteiger partial charge in [-0.25, -0.2) is 5.01 Å². The SMILES string of the molecule is Cc1cccc(C2=NN(C(=O)CN3CCC(C)CC3)C(c3ccco3)C2)c1. The van der Waals surface area contributed by atoms with Crippen molar-refractivity contribution in [3.8, 4) is 0 Å². The third-order valence-electron chi connectivity index (χ3n) is 5.62. The molecule has 2 aliphatic heterocycles. The summed E-state index contributed by atoms with van der Waals surface area (Å²) in [6, 6.07) is 11.9. The largest absolute Gasteiger partial charge is 0.467 e. The summed E-state index contributed by atoms with van der Waals surface area (Å²) in [7, 11) is 0. The second-order valence-electron chi connectivity index (χ2n) is 7.85. The van der Waals surface area contributed by atoms with Crippen molar-refractivity contribution < 1.29 is 9.21 Å².